The predicted octanol–water partition coefficient (Wildman–Crippen LogP) is 3.17. The molecule has 4 nitrogen and oxygen atoms in total. The minimum atomic E-state index is -0.997. The molecule has 0 atom stereocenters. The maximum atomic E-state index is 11.2. The van der Waals surface area contributed by atoms with Gasteiger partial charge in [0.25, 0.3) is 0 Å². The number of nitrogens with zero attached hydrogens (tertiary/aromatic N) is 1. The van der Waals surface area contributed by atoms with Crippen LogP contribution in [0.1, 0.15) is 21.6 Å². The topological polar surface area (TPSA) is 62.2 Å². The summed E-state index contributed by atoms with van der Waals surface area (Å²) in [5.41, 5.74) is 3.25. The molecule has 1 heterocycles. The number of carboxylic acids is 1. The van der Waals surface area contributed by atoms with Crippen LogP contribution in [-0.2, 0) is 0 Å². The number of carboxylic acid groups (broad SMARTS) is 1. The van der Waals surface area contributed by atoms with Crippen LogP contribution in [0.15, 0.2) is 18.2 Å². The van der Waals surface area contributed by atoms with Crippen LogP contribution in [0.4, 0.5) is 5.13 Å². The third kappa shape index (κ3) is 2.22. The highest BCUT2D eigenvalue weighted by molar-refractivity contribution is 7.19. The third-order valence-electron chi connectivity index (χ3n) is 2.67. The van der Waals surface area contributed by atoms with Gasteiger partial charge in [-0.1, -0.05) is 35.1 Å². The Hall–Kier alpha value is -1.88. The molecular formula is C13H14N2O2S. The lowest BCUT2D eigenvalue weighted by molar-refractivity contribution is 0.0692. The van der Waals surface area contributed by atoms with E-state index < -0.39 is 5.97 Å². The first-order valence-electron chi connectivity index (χ1n) is 5.52. The first kappa shape index (κ1) is 12.6. The second kappa shape index (κ2) is 4.78. The molecule has 2 N–H and O–H groups in total. The van der Waals surface area contributed by atoms with Crippen molar-refractivity contribution in [2.24, 2.45) is 0 Å². The summed E-state index contributed by atoms with van der Waals surface area (Å²) in [5.74, 6) is -0.997. The van der Waals surface area contributed by atoms with Crippen molar-refractivity contribution < 1.29 is 9.90 Å². The quantitative estimate of drug-likeness (QED) is 0.892. The van der Waals surface area contributed by atoms with Crippen LogP contribution >= 0.6 is 11.3 Å². The summed E-state index contributed by atoms with van der Waals surface area (Å²) in [5, 5.41) is 12.7. The molecule has 0 aliphatic heterocycles. The van der Waals surface area contributed by atoms with Crippen molar-refractivity contribution >= 4 is 22.4 Å². The van der Waals surface area contributed by atoms with E-state index in [1.54, 1.807) is 7.05 Å². The zero-order valence-electron chi connectivity index (χ0n) is 10.4. The molecule has 2 rings (SSSR count). The van der Waals surface area contributed by atoms with Gasteiger partial charge in [-0.05, 0) is 25.0 Å². The number of hydrogen-bond donors (Lipinski definition) is 2. The molecule has 0 saturated carbocycles. The lowest BCUT2D eigenvalue weighted by Gasteiger charge is -2.05. The molecule has 0 fully saturated rings. The predicted molar refractivity (Wildman–Crippen MR) is 73.5 cm³/mol. The minimum absolute atomic E-state index is 0.108. The Morgan fingerprint density at radius 1 is 1.39 bits per heavy atom. The van der Waals surface area contributed by atoms with E-state index in [2.05, 4.69) is 10.3 Å². The Balaban J connectivity index is 2.62. The van der Waals surface area contributed by atoms with Gasteiger partial charge in [-0.15, -0.1) is 0 Å². The first-order valence-corrected chi connectivity index (χ1v) is 6.34. The molecule has 5 heteroatoms. The van der Waals surface area contributed by atoms with E-state index in [-0.39, 0.29) is 5.69 Å². The number of aryl methyl sites for hydroxylation is 2. The van der Waals surface area contributed by atoms with Crippen molar-refractivity contribution in [3.63, 3.8) is 0 Å². The van der Waals surface area contributed by atoms with Gasteiger partial charge in [-0.25, -0.2) is 9.78 Å². The molecule has 0 amide bonds. The maximum absolute atomic E-state index is 11.2. The van der Waals surface area contributed by atoms with Crippen molar-refractivity contribution in [1.82, 2.24) is 4.98 Å². The second-order valence-electron chi connectivity index (χ2n) is 4.07. The van der Waals surface area contributed by atoms with Gasteiger partial charge in [0.05, 0.1) is 4.88 Å². The van der Waals surface area contributed by atoms with E-state index in [0.29, 0.717) is 10.0 Å². The van der Waals surface area contributed by atoms with Gasteiger partial charge in [0.2, 0.25) is 0 Å². The average molecular weight is 262 g/mol. The lowest BCUT2D eigenvalue weighted by Crippen LogP contribution is -2.00. The standard InChI is InChI=1S/C13H14N2O2S/c1-7-4-5-9(8(2)6-7)11-10(12(16)17)15-13(14-3)18-11/h4-6H,1-3H3,(H,14,15)(H,16,17). The maximum Gasteiger partial charge on any atom is 0.356 e. The van der Waals surface area contributed by atoms with Gasteiger partial charge in [-0.2, -0.15) is 0 Å². The van der Waals surface area contributed by atoms with Gasteiger partial charge in [0, 0.05) is 7.05 Å². The highest BCUT2D eigenvalue weighted by atomic mass is 32.1. The monoisotopic (exact) mass is 262 g/mol. The number of hydrogen-bond acceptors (Lipinski definition) is 4. The van der Waals surface area contributed by atoms with Crippen LogP contribution in [0.3, 0.4) is 0 Å². The van der Waals surface area contributed by atoms with Crippen LogP contribution in [-0.4, -0.2) is 23.1 Å². The van der Waals surface area contributed by atoms with E-state index in [9.17, 15) is 9.90 Å². The summed E-state index contributed by atoms with van der Waals surface area (Å²) in [6, 6.07) is 5.97. The first-order chi connectivity index (χ1) is 8.52. The summed E-state index contributed by atoms with van der Waals surface area (Å²) in [4.78, 5) is 16.0. The van der Waals surface area contributed by atoms with Crippen LogP contribution < -0.4 is 5.32 Å². The smallest absolute Gasteiger partial charge is 0.356 e. The number of nitrogens with one attached hydrogen (secondary N) is 1. The second-order valence-corrected chi connectivity index (χ2v) is 5.07. The van der Waals surface area contributed by atoms with Crippen molar-refractivity contribution in [3.05, 3.63) is 35.0 Å². The fourth-order valence-corrected chi connectivity index (χ4v) is 2.82. The molecule has 94 valence electrons. The van der Waals surface area contributed by atoms with Crippen molar-refractivity contribution in [3.8, 4) is 10.4 Å². The number of aromatic carboxylic acids is 1. The Kier molecular flexibility index (Phi) is 3.34. The van der Waals surface area contributed by atoms with Crippen molar-refractivity contribution in [2.45, 2.75) is 13.8 Å². The highest BCUT2D eigenvalue weighted by Crippen LogP contribution is 2.35. The number of rotatable bonds is 3. The minimum Gasteiger partial charge on any atom is -0.476 e. The normalized spacial score (nSPS) is 10.4. The van der Waals surface area contributed by atoms with Gasteiger partial charge < -0.3 is 10.4 Å². The van der Waals surface area contributed by atoms with Crippen LogP contribution in [0.5, 0.6) is 0 Å². The highest BCUT2D eigenvalue weighted by Gasteiger charge is 2.19. The van der Waals surface area contributed by atoms with E-state index in [4.69, 9.17) is 0 Å². The Bertz CT molecular complexity index is 605. The summed E-state index contributed by atoms with van der Waals surface area (Å²) < 4.78 is 0. The number of benzene rings is 1. The van der Waals surface area contributed by atoms with E-state index in [0.717, 1.165) is 16.7 Å². The average Bonchev–Trinajstić information content (AvgIpc) is 2.73. The van der Waals surface area contributed by atoms with E-state index >= 15 is 0 Å². The van der Waals surface area contributed by atoms with Gasteiger partial charge in [0.15, 0.2) is 10.8 Å². The van der Waals surface area contributed by atoms with Gasteiger partial charge in [-0.3, -0.25) is 0 Å². The van der Waals surface area contributed by atoms with E-state index in [1.165, 1.54) is 11.3 Å². The molecule has 1 aromatic heterocycles. The fourth-order valence-electron chi connectivity index (χ4n) is 1.82. The van der Waals surface area contributed by atoms with Gasteiger partial charge in [0.1, 0.15) is 0 Å². The largest absolute Gasteiger partial charge is 0.476 e. The molecule has 1 aromatic carbocycles. The number of aromatic nitrogens is 1. The molecule has 0 bridgehead atoms. The van der Waals surface area contributed by atoms with Crippen LogP contribution in [0.25, 0.3) is 10.4 Å². The molecule has 2 aromatic rings. The zero-order valence-corrected chi connectivity index (χ0v) is 11.3. The van der Waals surface area contributed by atoms with Crippen LogP contribution in [0.2, 0.25) is 0 Å². The van der Waals surface area contributed by atoms with E-state index in [1.807, 2.05) is 32.0 Å². The van der Waals surface area contributed by atoms with Crippen LogP contribution in [0, 0.1) is 13.8 Å². The lowest BCUT2D eigenvalue weighted by atomic mass is 10.0. The SMILES string of the molecule is CNc1nc(C(=O)O)c(-c2ccc(C)cc2C)s1. The Labute approximate surface area is 109 Å². The molecule has 0 radical (unpaired) electrons. The third-order valence-corrected chi connectivity index (χ3v) is 3.78. The fraction of sp³-hybridized carbons (Fsp3) is 0.231. The zero-order chi connectivity index (χ0) is 13.3. The molecule has 0 unspecified atom stereocenters. The molecule has 0 saturated heterocycles. The number of thiazole rings is 1. The molecular weight excluding hydrogens is 248 g/mol. The molecule has 0 aliphatic rings. The Morgan fingerprint density at radius 3 is 2.67 bits per heavy atom. The summed E-state index contributed by atoms with van der Waals surface area (Å²) in [7, 11) is 1.73. The summed E-state index contributed by atoms with van der Waals surface area (Å²) in [6.45, 7) is 3.99. The van der Waals surface area contributed by atoms with Crippen molar-refractivity contribution in [1.29, 1.82) is 0 Å². The Morgan fingerprint density at radius 2 is 2.11 bits per heavy atom. The number of carbonyl (C=O) groups is 1. The molecule has 0 spiro atoms. The molecule has 0 aliphatic carbocycles. The summed E-state index contributed by atoms with van der Waals surface area (Å²) in [6.07, 6.45) is 0. The van der Waals surface area contributed by atoms with Crippen molar-refractivity contribution in [2.75, 3.05) is 12.4 Å². The van der Waals surface area contributed by atoms with Gasteiger partial charge >= 0.3 is 5.97 Å². The summed E-state index contributed by atoms with van der Waals surface area (Å²) >= 11 is 1.36. The number of anilines is 1. The molecule has 18 heavy (non-hydrogen) atoms.